The van der Waals surface area contributed by atoms with Crippen molar-refractivity contribution in [2.45, 2.75) is 13.6 Å². The largest absolute Gasteiger partial charge is 0.497 e. The van der Waals surface area contributed by atoms with Crippen LogP contribution in [-0.2, 0) is 9.51 Å². The van der Waals surface area contributed by atoms with E-state index in [-0.39, 0.29) is 0 Å². The standard InChI is InChI=1S/C21H21B2BrN2O3/c1-22-28-25(17-6-4-16(24)5-7-17)18-8-10-19(11-9-18)26(29-23-2)20-12-14-21(27-3)15-13-20/h4-15H,1-3H3. The predicted molar refractivity (Wildman–Crippen MR) is 123 cm³/mol. The summed E-state index contributed by atoms with van der Waals surface area (Å²) in [5.41, 5.74) is 3.58. The van der Waals surface area contributed by atoms with Crippen molar-refractivity contribution in [3.8, 4) is 5.75 Å². The first-order valence-electron chi connectivity index (χ1n) is 9.15. The van der Waals surface area contributed by atoms with Crippen molar-refractivity contribution in [2.24, 2.45) is 0 Å². The highest BCUT2D eigenvalue weighted by Gasteiger charge is 2.13. The second kappa shape index (κ2) is 10.4. The average molecular weight is 451 g/mol. The molecule has 3 aromatic carbocycles. The lowest BCUT2D eigenvalue weighted by atomic mass is 10.1. The van der Waals surface area contributed by atoms with Gasteiger partial charge in [-0.25, -0.2) is 10.1 Å². The Morgan fingerprint density at radius 3 is 1.31 bits per heavy atom. The maximum Gasteiger partial charge on any atom is 0.331 e. The molecule has 2 radical (unpaired) electrons. The van der Waals surface area contributed by atoms with Crippen LogP contribution in [0.5, 0.6) is 5.75 Å². The van der Waals surface area contributed by atoms with Gasteiger partial charge in [-0.05, 0) is 72.8 Å². The van der Waals surface area contributed by atoms with E-state index in [0.29, 0.717) is 0 Å². The molecule has 5 nitrogen and oxygen atoms in total. The maximum atomic E-state index is 5.74. The molecule has 0 bridgehead atoms. The summed E-state index contributed by atoms with van der Waals surface area (Å²) < 4.78 is 17.7. The second-order valence-electron chi connectivity index (χ2n) is 5.96. The first-order chi connectivity index (χ1) is 14.2. The molecule has 0 spiro atoms. The fraction of sp³-hybridized carbons (Fsp3) is 0.143. The number of rotatable bonds is 9. The zero-order chi connectivity index (χ0) is 20.6. The summed E-state index contributed by atoms with van der Waals surface area (Å²) >= 11 is 3.46. The van der Waals surface area contributed by atoms with Gasteiger partial charge in [-0.15, -0.1) is 0 Å². The van der Waals surface area contributed by atoms with Crippen LogP contribution in [0.1, 0.15) is 0 Å². The van der Waals surface area contributed by atoms with Gasteiger partial charge in [0.05, 0.1) is 29.9 Å². The van der Waals surface area contributed by atoms with E-state index in [1.54, 1.807) is 32.2 Å². The number of nitrogens with zero attached hydrogens (tertiary/aromatic N) is 2. The minimum Gasteiger partial charge on any atom is -0.497 e. The van der Waals surface area contributed by atoms with Gasteiger partial charge < -0.3 is 14.2 Å². The van der Waals surface area contributed by atoms with E-state index < -0.39 is 0 Å². The van der Waals surface area contributed by atoms with Crippen LogP contribution in [0.2, 0.25) is 13.6 Å². The molecule has 0 fully saturated rings. The SMILES string of the molecule is C[B]ON(c1ccc(Br)cc1)c1ccc(N(O[B]C)c2ccc(OC)cc2)cc1. The third-order valence-corrected chi connectivity index (χ3v) is 4.64. The third kappa shape index (κ3) is 5.35. The summed E-state index contributed by atoms with van der Waals surface area (Å²) in [6.45, 7) is 3.68. The molecular formula is C21H21B2BrN2O3. The van der Waals surface area contributed by atoms with Crippen molar-refractivity contribution in [1.29, 1.82) is 0 Å². The number of ether oxygens (including phenoxy) is 1. The summed E-state index contributed by atoms with van der Waals surface area (Å²) in [6, 6.07) is 23.5. The van der Waals surface area contributed by atoms with Crippen LogP contribution in [0, 0.1) is 0 Å². The lowest BCUT2D eigenvalue weighted by Crippen LogP contribution is -2.20. The van der Waals surface area contributed by atoms with Gasteiger partial charge >= 0.3 is 15.0 Å². The molecule has 0 aliphatic heterocycles. The molecule has 0 saturated carbocycles. The van der Waals surface area contributed by atoms with Crippen LogP contribution < -0.4 is 14.9 Å². The molecule has 0 heterocycles. The van der Waals surface area contributed by atoms with Crippen molar-refractivity contribution in [2.75, 3.05) is 17.2 Å². The second-order valence-corrected chi connectivity index (χ2v) is 6.88. The van der Waals surface area contributed by atoms with Crippen molar-refractivity contribution in [3.63, 3.8) is 0 Å². The third-order valence-electron chi connectivity index (χ3n) is 4.11. The van der Waals surface area contributed by atoms with Crippen LogP contribution in [0.15, 0.2) is 77.3 Å². The van der Waals surface area contributed by atoms with Gasteiger partial charge in [0, 0.05) is 4.47 Å². The highest BCUT2D eigenvalue weighted by Crippen LogP contribution is 2.32. The summed E-state index contributed by atoms with van der Waals surface area (Å²) in [6.07, 6.45) is 0. The van der Waals surface area contributed by atoms with Gasteiger partial charge in [0.1, 0.15) is 5.75 Å². The monoisotopic (exact) mass is 450 g/mol. The van der Waals surface area contributed by atoms with E-state index in [0.717, 1.165) is 33.0 Å². The smallest absolute Gasteiger partial charge is 0.331 e. The first kappa shape index (κ1) is 21.3. The Kier molecular flexibility index (Phi) is 7.63. The Labute approximate surface area is 181 Å². The van der Waals surface area contributed by atoms with Crippen molar-refractivity contribution < 1.29 is 14.2 Å². The lowest BCUT2D eigenvalue weighted by molar-refractivity contribution is 0.343. The van der Waals surface area contributed by atoms with E-state index in [1.807, 2.05) is 86.4 Å². The number of hydrogen-bond acceptors (Lipinski definition) is 5. The molecule has 8 heteroatoms. The Balaban J connectivity index is 1.87. The first-order valence-corrected chi connectivity index (χ1v) is 9.94. The van der Waals surface area contributed by atoms with Crippen LogP contribution in [0.4, 0.5) is 22.7 Å². The predicted octanol–water partition coefficient (Wildman–Crippen LogP) is 5.93. The molecule has 29 heavy (non-hydrogen) atoms. The minimum atomic E-state index is 0.794. The van der Waals surface area contributed by atoms with Gasteiger partial charge in [-0.1, -0.05) is 29.6 Å². The average Bonchev–Trinajstić information content (AvgIpc) is 2.77. The minimum absolute atomic E-state index is 0.794. The summed E-state index contributed by atoms with van der Waals surface area (Å²) in [7, 11) is 4.94. The molecule has 0 aromatic heterocycles. The van der Waals surface area contributed by atoms with Crippen LogP contribution >= 0.6 is 15.9 Å². The fourth-order valence-corrected chi connectivity index (χ4v) is 3.03. The summed E-state index contributed by atoms with van der Waals surface area (Å²) in [4.78, 5) is 0. The fourth-order valence-electron chi connectivity index (χ4n) is 2.77. The number of benzene rings is 3. The van der Waals surface area contributed by atoms with Crippen LogP contribution in [0.3, 0.4) is 0 Å². The number of methoxy groups -OCH3 is 1. The normalized spacial score (nSPS) is 10.3. The molecule has 3 rings (SSSR count). The van der Waals surface area contributed by atoms with Crippen LogP contribution in [-0.4, -0.2) is 22.1 Å². The quantitative estimate of drug-likeness (QED) is 0.298. The van der Waals surface area contributed by atoms with Gasteiger partial charge in [-0.3, -0.25) is 0 Å². The van der Waals surface area contributed by atoms with Crippen molar-refractivity contribution in [3.05, 3.63) is 77.3 Å². The lowest BCUT2D eigenvalue weighted by Gasteiger charge is -2.27. The Hall–Kier alpha value is -2.41. The zero-order valence-corrected chi connectivity index (χ0v) is 18.2. The summed E-state index contributed by atoms with van der Waals surface area (Å²) in [5.74, 6) is 0.794. The number of anilines is 4. The Bertz CT molecular complexity index is 893. The van der Waals surface area contributed by atoms with E-state index >= 15 is 0 Å². The number of hydrogen-bond donors (Lipinski definition) is 0. The molecule has 3 aromatic rings. The Morgan fingerprint density at radius 2 is 0.966 bits per heavy atom. The molecule has 0 atom stereocenters. The molecule has 0 unspecified atom stereocenters. The summed E-state index contributed by atoms with van der Waals surface area (Å²) in [5, 5.41) is 3.51. The van der Waals surface area contributed by atoms with E-state index in [2.05, 4.69) is 15.9 Å². The van der Waals surface area contributed by atoms with Crippen molar-refractivity contribution in [1.82, 2.24) is 0 Å². The number of halogens is 1. The molecular weight excluding hydrogens is 430 g/mol. The van der Waals surface area contributed by atoms with Crippen LogP contribution in [0.25, 0.3) is 0 Å². The van der Waals surface area contributed by atoms with Gasteiger partial charge in [-0.2, -0.15) is 0 Å². The molecule has 0 N–H and O–H groups in total. The highest BCUT2D eigenvalue weighted by molar-refractivity contribution is 9.10. The maximum absolute atomic E-state index is 5.74. The van der Waals surface area contributed by atoms with Gasteiger partial charge in [0.2, 0.25) is 0 Å². The zero-order valence-electron chi connectivity index (χ0n) is 16.6. The topological polar surface area (TPSA) is 34.2 Å². The molecule has 0 saturated heterocycles. The van der Waals surface area contributed by atoms with Gasteiger partial charge in [0.15, 0.2) is 0 Å². The Morgan fingerprint density at radius 1 is 0.621 bits per heavy atom. The molecule has 0 aliphatic carbocycles. The molecule has 0 amide bonds. The molecule has 0 aliphatic rings. The van der Waals surface area contributed by atoms with Crippen molar-refractivity contribution >= 4 is 53.6 Å². The van der Waals surface area contributed by atoms with E-state index in [4.69, 9.17) is 14.2 Å². The van der Waals surface area contributed by atoms with Gasteiger partial charge in [0.25, 0.3) is 0 Å². The molecule has 146 valence electrons. The highest BCUT2D eigenvalue weighted by atomic mass is 79.9. The van der Waals surface area contributed by atoms with E-state index in [9.17, 15) is 0 Å². The van der Waals surface area contributed by atoms with E-state index in [1.165, 1.54) is 0 Å².